The molecule has 0 rings (SSSR count). The van der Waals surface area contributed by atoms with Crippen LogP contribution in [-0.2, 0) is 4.79 Å². The molecule has 0 spiro atoms. The number of nitrogens with two attached hydrogens (primary N) is 1. The van der Waals surface area contributed by atoms with Crippen LogP contribution < -0.4 is 5.73 Å². The molecular weight excluding hydrogens is 220 g/mol. The molecule has 0 aromatic rings. The van der Waals surface area contributed by atoms with Crippen molar-refractivity contribution < 1.29 is 4.79 Å². The minimum Gasteiger partial charge on any atom is -0.366 e. The summed E-state index contributed by atoms with van der Waals surface area (Å²) in [6, 6.07) is 0.315. The number of hydrogen-bond donors (Lipinski definition) is 1. The summed E-state index contributed by atoms with van der Waals surface area (Å²) in [6.45, 7) is 5.60. The summed E-state index contributed by atoms with van der Waals surface area (Å²) in [5.74, 6) is -0.404. The van der Waals surface area contributed by atoms with Gasteiger partial charge in [-0.15, -0.1) is 17.0 Å². The topological polar surface area (TPSA) is 46.3 Å². The van der Waals surface area contributed by atoms with Crippen molar-refractivity contribution in [1.29, 1.82) is 0 Å². The van der Waals surface area contributed by atoms with Crippen LogP contribution in [0.3, 0.4) is 0 Å². The number of primary amides is 1. The van der Waals surface area contributed by atoms with Crippen LogP contribution in [0.1, 0.15) is 13.3 Å². The highest BCUT2D eigenvalue weighted by Gasteiger charge is 2.09. The number of nitrogens with zero attached hydrogens (tertiary/aromatic N) is 1. The van der Waals surface area contributed by atoms with E-state index in [1.165, 1.54) is 0 Å². The van der Waals surface area contributed by atoms with Crippen LogP contribution in [0.25, 0.3) is 0 Å². The van der Waals surface area contributed by atoms with Crippen molar-refractivity contribution in [3.05, 3.63) is 12.2 Å². The summed E-state index contributed by atoms with van der Waals surface area (Å²) >= 11 is 0. The fraction of sp³-hybridized carbons (Fsp3) is 0.625. The zero-order chi connectivity index (χ0) is 9.02. The predicted octanol–water partition coefficient (Wildman–Crippen LogP) is 0.946. The zero-order valence-corrected chi connectivity index (χ0v) is 9.55. The molecule has 3 nitrogen and oxygen atoms in total. The Hall–Kier alpha value is -0.350. The van der Waals surface area contributed by atoms with E-state index in [0.29, 0.717) is 18.0 Å². The molecule has 1 unspecified atom stereocenters. The monoisotopic (exact) mass is 236 g/mol. The van der Waals surface area contributed by atoms with Crippen LogP contribution in [-0.4, -0.2) is 30.9 Å². The van der Waals surface area contributed by atoms with Crippen molar-refractivity contribution in [2.45, 2.75) is 19.4 Å². The van der Waals surface area contributed by atoms with E-state index < -0.39 is 5.91 Å². The minimum atomic E-state index is -0.404. The molecule has 2 N–H and O–H groups in total. The second-order valence-corrected chi connectivity index (χ2v) is 2.98. The van der Waals surface area contributed by atoms with Gasteiger partial charge in [0.1, 0.15) is 0 Å². The van der Waals surface area contributed by atoms with Gasteiger partial charge in [-0.1, -0.05) is 6.58 Å². The van der Waals surface area contributed by atoms with Crippen LogP contribution in [0.15, 0.2) is 12.2 Å². The molecule has 0 saturated carbocycles. The molecule has 0 saturated heterocycles. The molecule has 4 heteroatoms. The first kappa shape index (κ1) is 14.2. The number of halogens is 1. The van der Waals surface area contributed by atoms with E-state index in [4.69, 9.17) is 5.73 Å². The van der Waals surface area contributed by atoms with Gasteiger partial charge < -0.3 is 10.6 Å². The number of carbonyl (C=O) groups is 1. The molecule has 1 amide bonds. The molecule has 0 bridgehead atoms. The highest BCUT2D eigenvalue weighted by Crippen LogP contribution is 2.05. The molecule has 0 aliphatic heterocycles. The molecule has 0 fully saturated rings. The van der Waals surface area contributed by atoms with Gasteiger partial charge in [0.2, 0.25) is 5.91 Å². The van der Waals surface area contributed by atoms with Crippen LogP contribution in [0.4, 0.5) is 0 Å². The Morgan fingerprint density at radius 2 is 2.00 bits per heavy atom. The Bertz CT molecular complexity index is 168. The van der Waals surface area contributed by atoms with Gasteiger partial charge in [0, 0.05) is 11.6 Å². The maximum atomic E-state index is 10.6. The average Bonchev–Trinajstić information content (AvgIpc) is 1.87. The lowest BCUT2D eigenvalue weighted by Crippen LogP contribution is -2.27. The number of amides is 1. The highest BCUT2D eigenvalue weighted by atomic mass is 79.9. The quantitative estimate of drug-likeness (QED) is 0.740. The SMILES string of the molecule is Br.C=C(CC(C)N(C)C)C(N)=O. The minimum absolute atomic E-state index is 0. The van der Waals surface area contributed by atoms with Gasteiger partial charge >= 0.3 is 0 Å². The Balaban J connectivity index is 0. The normalized spacial score (nSPS) is 12.0. The summed E-state index contributed by atoms with van der Waals surface area (Å²) in [6.07, 6.45) is 0.641. The summed E-state index contributed by atoms with van der Waals surface area (Å²) in [5, 5.41) is 0. The van der Waals surface area contributed by atoms with E-state index in [2.05, 4.69) is 6.58 Å². The summed E-state index contributed by atoms with van der Waals surface area (Å²) in [4.78, 5) is 12.6. The molecule has 72 valence electrons. The Morgan fingerprint density at radius 1 is 1.58 bits per heavy atom. The first-order valence-electron chi connectivity index (χ1n) is 3.59. The first-order valence-corrected chi connectivity index (χ1v) is 3.59. The second kappa shape index (κ2) is 6.20. The lowest BCUT2D eigenvalue weighted by Gasteiger charge is -2.19. The van der Waals surface area contributed by atoms with Gasteiger partial charge in [-0.3, -0.25) is 4.79 Å². The van der Waals surface area contributed by atoms with Crippen molar-refractivity contribution in [2.24, 2.45) is 5.73 Å². The maximum Gasteiger partial charge on any atom is 0.244 e. The van der Waals surface area contributed by atoms with Crippen LogP contribution in [0, 0.1) is 0 Å². The molecule has 0 aromatic carbocycles. The van der Waals surface area contributed by atoms with Gasteiger partial charge in [-0.2, -0.15) is 0 Å². The van der Waals surface area contributed by atoms with Crippen LogP contribution >= 0.6 is 17.0 Å². The smallest absolute Gasteiger partial charge is 0.244 e. The van der Waals surface area contributed by atoms with E-state index in [0.717, 1.165) is 0 Å². The molecule has 1 atom stereocenters. The maximum absolute atomic E-state index is 10.6. The Labute approximate surface area is 84.4 Å². The lowest BCUT2D eigenvalue weighted by atomic mass is 10.1. The number of rotatable bonds is 4. The molecule has 12 heavy (non-hydrogen) atoms. The molecule has 0 radical (unpaired) electrons. The van der Waals surface area contributed by atoms with Crippen molar-refractivity contribution in [3.8, 4) is 0 Å². The fourth-order valence-corrected chi connectivity index (χ4v) is 0.640. The van der Waals surface area contributed by atoms with Crippen LogP contribution in [0.5, 0.6) is 0 Å². The number of carbonyl (C=O) groups excluding carboxylic acids is 1. The molecule has 0 aliphatic carbocycles. The van der Waals surface area contributed by atoms with E-state index in [1.807, 2.05) is 25.9 Å². The zero-order valence-electron chi connectivity index (χ0n) is 7.83. The van der Waals surface area contributed by atoms with E-state index >= 15 is 0 Å². The van der Waals surface area contributed by atoms with E-state index in [-0.39, 0.29) is 17.0 Å². The Morgan fingerprint density at radius 3 is 2.25 bits per heavy atom. The predicted molar refractivity (Wildman–Crippen MR) is 56.4 cm³/mol. The number of hydrogen-bond acceptors (Lipinski definition) is 2. The summed E-state index contributed by atoms with van der Waals surface area (Å²) < 4.78 is 0. The third-order valence-electron chi connectivity index (χ3n) is 1.77. The third-order valence-corrected chi connectivity index (χ3v) is 1.77. The summed E-state index contributed by atoms with van der Waals surface area (Å²) in [5.41, 5.74) is 5.52. The lowest BCUT2D eigenvalue weighted by molar-refractivity contribution is -0.114. The molecular formula is C8H17BrN2O. The summed E-state index contributed by atoms with van der Waals surface area (Å²) in [7, 11) is 3.91. The molecule has 0 aliphatic rings. The highest BCUT2D eigenvalue weighted by molar-refractivity contribution is 8.93. The molecule has 0 aromatic heterocycles. The van der Waals surface area contributed by atoms with Gasteiger partial charge in [-0.25, -0.2) is 0 Å². The van der Waals surface area contributed by atoms with E-state index in [1.54, 1.807) is 0 Å². The third kappa shape index (κ3) is 5.32. The van der Waals surface area contributed by atoms with Gasteiger partial charge in [0.05, 0.1) is 0 Å². The van der Waals surface area contributed by atoms with Crippen molar-refractivity contribution in [2.75, 3.05) is 14.1 Å². The first-order chi connectivity index (χ1) is 4.95. The molecule has 0 heterocycles. The van der Waals surface area contributed by atoms with Crippen molar-refractivity contribution in [1.82, 2.24) is 4.90 Å². The Kier molecular flexibility index (Phi) is 7.33. The average molecular weight is 237 g/mol. The standard InChI is InChI=1S/C8H16N2O.BrH/c1-6(8(9)11)5-7(2)10(3)4;/h7H,1,5H2,2-4H3,(H2,9,11);1H. The second-order valence-electron chi connectivity index (χ2n) is 2.98. The van der Waals surface area contributed by atoms with Gasteiger partial charge in [-0.05, 0) is 27.4 Å². The largest absolute Gasteiger partial charge is 0.366 e. The van der Waals surface area contributed by atoms with Crippen molar-refractivity contribution in [3.63, 3.8) is 0 Å². The van der Waals surface area contributed by atoms with Crippen LogP contribution in [0.2, 0.25) is 0 Å². The van der Waals surface area contributed by atoms with Crippen molar-refractivity contribution >= 4 is 22.9 Å². The van der Waals surface area contributed by atoms with E-state index in [9.17, 15) is 4.79 Å². The van der Waals surface area contributed by atoms with Gasteiger partial charge in [0.25, 0.3) is 0 Å². The fourth-order valence-electron chi connectivity index (χ4n) is 0.640. The van der Waals surface area contributed by atoms with Gasteiger partial charge in [0.15, 0.2) is 0 Å².